The number of allylic oxidation sites excluding steroid dienone is 7. The minimum absolute atomic E-state index is 0.00877. The lowest BCUT2D eigenvalue weighted by Crippen LogP contribution is -2.45. The van der Waals surface area contributed by atoms with Gasteiger partial charge >= 0.3 is 5.97 Å². The fraction of sp³-hybridized carbons (Fsp3) is 0.870. The SMILES string of the molecule is CCCCC/C=C\C/C=C\CCCCCCCCCCCC(=O)OCCCCCCCCCCCCCC/C=C\CCCCCCCCCCC(=O)NC(CO)C(O)/C=C/CCCCCCCCCCCCCCCCCCCCCCC. The zero-order chi connectivity index (χ0) is 59.9. The molecular formula is C77H145NO5. The van der Waals surface area contributed by atoms with Crippen molar-refractivity contribution in [2.45, 2.75) is 418 Å². The predicted molar refractivity (Wildman–Crippen MR) is 366 cm³/mol. The molecule has 2 atom stereocenters. The Balaban J connectivity index is 3.42. The van der Waals surface area contributed by atoms with Gasteiger partial charge in [-0.15, -0.1) is 0 Å². The maximum Gasteiger partial charge on any atom is 0.305 e. The Hall–Kier alpha value is -2.18. The van der Waals surface area contributed by atoms with E-state index >= 15 is 0 Å². The van der Waals surface area contributed by atoms with E-state index in [-0.39, 0.29) is 18.5 Å². The summed E-state index contributed by atoms with van der Waals surface area (Å²) in [5, 5.41) is 23.3. The quantitative estimate of drug-likeness (QED) is 0.0320. The molecule has 6 nitrogen and oxygen atoms in total. The van der Waals surface area contributed by atoms with Crippen LogP contribution in [0.15, 0.2) is 48.6 Å². The zero-order valence-corrected chi connectivity index (χ0v) is 55.9. The molecule has 0 rings (SSSR count). The van der Waals surface area contributed by atoms with Crippen LogP contribution in [0, 0.1) is 0 Å². The molecule has 0 saturated carbocycles. The van der Waals surface area contributed by atoms with Crippen LogP contribution in [-0.4, -0.2) is 47.4 Å². The Morgan fingerprint density at radius 3 is 0.952 bits per heavy atom. The van der Waals surface area contributed by atoms with Crippen LogP contribution in [0.1, 0.15) is 406 Å². The van der Waals surface area contributed by atoms with E-state index in [1.54, 1.807) is 6.08 Å². The van der Waals surface area contributed by atoms with Crippen molar-refractivity contribution in [3.05, 3.63) is 48.6 Å². The molecule has 0 aromatic heterocycles. The summed E-state index contributed by atoms with van der Waals surface area (Å²) in [6.07, 6.45) is 94.8. The zero-order valence-electron chi connectivity index (χ0n) is 55.9. The highest BCUT2D eigenvalue weighted by Crippen LogP contribution is 2.19. The highest BCUT2D eigenvalue weighted by Gasteiger charge is 2.18. The van der Waals surface area contributed by atoms with E-state index < -0.39 is 12.1 Å². The Bertz CT molecular complexity index is 1390. The minimum atomic E-state index is -0.850. The Morgan fingerprint density at radius 2 is 0.602 bits per heavy atom. The molecule has 1 amide bonds. The van der Waals surface area contributed by atoms with Crippen molar-refractivity contribution < 1.29 is 24.5 Å². The summed E-state index contributed by atoms with van der Waals surface area (Å²) in [7, 11) is 0. The average molecular weight is 1170 g/mol. The first-order valence-electron chi connectivity index (χ1n) is 37.4. The number of hydrogen-bond acceptors (Lipinski definition) is 5. The maximum atomic E-state index is 12.5. The fourth-order valence-electron chi connectivity index (χ4n) is 11.6. The maximum absolute atomic E-state index is 12.5. The molecule has 3 N–H and O–H groups in total. The predicted octanol–water partition coefficient (Wildman–Crippen LogP) is 24.4. The second-order valence-corrected chi connectivity index (χ2v) is 25.6. The normalized spacial score (nSPS) is 12.8. The van der Waals surface area contributed by atoms with Crippen LogP contribution in [0.25, 0.3) is 0 Å². The summed E-state index contributed by atoms with van der Waals surface area (Å²) in [5.74, 6) is -0.0601. The molecule has 0 bridgehead atoms. The molecule has 6 heteroatoms. The smallest absolute Gasteiger partial charge is 0.305 e. The van der Waals surface area contributed by atoms with Crippen molar-refractivity contribution in [1.29, 1.82) is 0 Å². The summed E-state index contributed by atoms with van der Waals surface area (Å²) in [6, 6.07) is -0.634. The molecule has 0 spiro atoms. The van der Waals surface area contributed by atoms with E-state index in [0.29, 0.717) is 19.4 Å². The molecule has 0 radical (unpaired) electrons. The lowest BCUT2D eigenvalue weighted by atomic mass is 10.0. The van der Waals surface area contributed by atoms with E-state index in [9.17, 15) is 19.8 Å². The number of nitrogens with one attached hydrogen (secondary N) is 1. The van der Waals surface area contributed by atoms with Gasteiger partial charge in [-0.1, -0.05) is 351 Å². The molecule has 0 aromatic rings. The molecule has 0 heterocycles. The van der Waals surface area contributed by atoms with Crippen molar-refractivity contribution >= 4 is 11.9 Å². The third-order valence-corrected chi connectivity index (χ3v) is 17.3. The van der Waals surface area contributed by atoms with E-state index in [1.807, 2.05) is 6.08 Å². The topological polar surface area (TPSA) is 95.9 Å². The van der Waals surface area contributed by atoms with Crippen LogP contribution in [0.5, 0.6) is 0 Å². The lowest BCUT2D eigenvalue weighted by Gasteiger charge is -2.20. The summed E-state index contributed by atoms with van der Waals surface area (Å²) >= 11 is 0. The van der Waals surface area contributed by atoms with Gasteiger partial charge in [-0.2, -0.15) is 0 Å². The Kier molecular flexibility index (Phi) is 70.4. The molecule has 2 unspecified atom stereocenters. The minimum Gasteiger partial charge on any atom is -0.466 e. The second kappa shape index (κ2) is 72.3. The van der Waals surface area contributed by atoms with Crippen molar-refractivity contribution in [2.24, 2.45) is 0 Å². The van der Waals surface area contributed by atoms with Crippen LogP contribution >= 0.6 is 0 Å². The molecule has 83 heavy (non-hydrogen) atoms. The van der Waals surface area contributed by atoms with Gasteiger partial charge in [0.2, 0.25) is 5.91 Å². The number of carbonyl (C=O) groups is 2. The van der Waals surface area contributed by atoms with Crippen LogP contribution in [0.2, 0.25) is 0 Å². The number of carbonyl (C=O) groups excluding carboxylic acids is 2. The molecule has 0 saturated heterocycles. The summed E-state index contributed by atoms with van der Waals surface area (Å²) in [6.45, 7) is 4.91. The largest absolute Gasteiger partial charge is 0.466 e. The van der Waals surface area contributed by atoms with Gasteiger partial charge in [0.25, 0.3) is 0 Å². The van der Waals surface area contributed by atoms with Crippen molar-refractivity contribution in [2.75, 3.05) is 13.2 Å². The molecule has 0 aromatic carbocycles. The number of aliphatic hydroxyl groups excluding tert-OH is 2. The van der Waals surface area contributed by atoms with Gasteiger partial charge < -0.3 is 20.3 Å². The number of rotatable bonds is 70. The lowest BCUT2D eigenvalue weighted by molar-refractivity contribution is -0.143. The van der Waals surface area contributed by atoms with E-state index in [0.717, 1.165) is 51.4 Å². The number of hydrogen-bond donors (Lipinski definition) is 3. The van der Waals surface area contributed by atoms with Crippen LogP contribution in [0.3, 0.4) is 0 Å². The van der Waals surface area contributed by atoms with Crippen LogP contribution < -0.4 is 5.32 Å². The number of amides is 1. The highest BCUT2D eigenvalue weighted by molar-refractivity contribution is 5.76. The van der Waals surface area contributed by atoms with Gasteiger partial charge in [0, 0.05) is 12.8 Å². The number of esters is 1. The summed E-state index contributed by atoms with van der Waals surface area (Å²) < 4.78 is 5.51. The van der Waals surface area contributed by atoms with E-state index in [4.69, 9.17) is 4.74 Å². The second-order valence-electron chi connectivity index (χ2n) is 25.6. The molecular weight excluding hydrogens is 1020 g/mol. The van der Waals surface area contributed by atoms with Crippen molar-refractivity contribution in [3.8, 4) is 0 Å². The molecule has 0 fully saturated rings. The summed E-state index contributed by atoms with van der Waals surface area (Å²) in [4.78, 5) is 24.7. The van der Waals surface area contributed by atoms with Gasteiger partial charge in [-0.3, -0.25) is 9.59 Å². The highest BCUT2D eigenvalue weighted by atomic mass is 16.5. The third-order valence-electron chi connectivity index (χ3n) is 17.3. The number of aliphatic hydroxyl groups is 2. The first-order chi connectivity index (χ1) is 41.0. The Morgan fingerprint density at radius 1 is 0.337 bits per heavy atom. The first kappa shape index (κ1) is 80.8. The number of ether oxygens (including phenoxy) is 1. The van der Waals surface area contributed by atoms with Gasteiger partial charge in [0.05, 0.1) is 25.4 Å². The summed E-state index contributed by atoms with van der Waals surface area (Å²) in [5.41, 5.74) is 0. The van der Waals surface area contributed by atoms with Crippen molar-refractivity contribution in [3.63, 3.8) is 0 Å². The molecule has 0 aliphatic rings. The monoisotopic (exact) mass is 1160 g/mol. The van der Waals surface area contributed by atoms with Crippen LogP contribution in [-0.2, 0) is 14.3 Å². The van der Waals surface area contributed by atoms with E-state index in [1.165, 1.54) is 327 Å². The van der Waals surface area contributed by atoms with Gasteiger partial charge in [-0.25, -0.2) is 0 Å². The van der Waals surface area contributed by atoms with Gasteiger partial charge in [-0.05, 0) is 89.9 Å². The molecule has 488 valence electrons. The van der Waals surface area contributed by atoms with Crippen LogP contribution in [0.4, 0.5) is 0 Å². The van der Waals surface area contributed by atoms with Gasteiger partial charge in [0.1, 0.15) is 0 Å². The number of unbranched alkanes of at least 4 members (excludes halogenated alkanes) is 53. The molecule has 0 aliphatic carbocycles. The Labute approximate surface area is 518 Å². The first-order valence-corrected chi connectivity index (χ1v) is 37.4. The van der Waals surface area contributed by atoms with Crippen molar-refractivity contribution in [1.82, 2.24) is 5.32 Å². The standard InChI is InChI=1S/C77H145NO5/c1-3-5-7-9-11-13-15-17-19-21-23-24-27-30-34-37-41-45-49-53-57-61-65-69-75(80)74(73-79)78-76(81)70-66-62-58-54-50-46-42-38-35-31-28-25-26-29-32-36-40-44-48-52-56-60-64-68-72-83-77(82)71-67-63-59-55-51-47-43-39-33-22-20-18-16-14-12-10-8-6-4-2/h12,14,18,20,28,31,65,69,74-75,79-80H,3-11,13,15-17,19,21-27,29-30,32-64,66-68,70-73H2,1-2H3,(H,78,81)/b14-12-,20-18-,31-28-,69-65+. The third kappa shape index (κ3) is 68.8. The average Bonchev–Trinajstić information content (AvgIpc) is 3.49. The fourth-order valence-corrected chi connectivity index (χ4v) is 11.6. The van der Waals surface area contributed by atoms with Gasteiger partial charge in [0.15, 0.2) is 0 Å². The van der Waals surface area contributed by atoms with E-state index in [2.05, 4.69) is 55.6 Å². The molecule has 0 aliphatic heterocycles.